The Hall–Kier alpha value is -2.53. The van der Waals surface area contributed by atoms with Gasteiger partial charge in [0.05, 0.1) is 5.92 Å². The van der Waals surface area contributed by atoms with Crippen molar-refractivity contribution in [3.63, 3.8) is 0 Å². The average Bonchev–Trinajstić information content (AvgIpc) is 2.64. The van der Waals surface area contributed by atoms with Gasteiger partial charge < -0.3 is 15.2 Å². The molecular weight excluding hydrogens is 316 g/mol. The maximum atomic E-state index is 11.3. The van der Waals surface area contributed by atoms with Crippen LogP contribution in [0.2, 0.25) is 0 Å². The topological polar surface area (TPSA) is 64.8 Å². The van der Waals surface area contributed by atoms with Gasteiger partial charge in [0.1, 0.15) is 23.9 Å². The summed E-state index contributed by atoms with van der Waals surface area (Å²) in [5.41, 5.74) is 5.41. The predicted octanol–water partition coefficient (Wildman–Crippen LogP) is 3.06. The molecule has 5 nitrogen and oxygen atoms in total. The summed E-state index contributed by atoms with van der Waals surface area (Å²) in [5.74, 6) is 2.18. The van der Waals surface area contributed by atoms with E-state index in [1.165, 1.54) is 0 Å². The molecule has 1 amide bonds. The molecule has 0 aliphatic carbocycles. The molecule has 1 aliphatic heterocycles. The summed E-state index contributed by atoms with van der Waals surface area (Å²) in [6, 6.07) is 17.3. The summed E-state index contributed by atoms with van der Waals surface area (Å²) in [6.07, 6.45) is 1.91. The van der Waals surface area contributed by atoms with Gasteiger partial charge in [0.25, 0.3) is 0 Å². The van der Waals surface area contributed by atoms with Crippen molar-refractivity contribution in [3.05, 3.63) is 54.6 Å². The third kappa shape index (κ3) is 5.22. The summed E-state index contributed by atoms with van der Waals surface area (Å²) < 4.78 is 11.6. The lowest BCUT2D eigenvalue weighted by molar-refractivity contribution is -0.123. The number of nitrogens with zero attached hydrogens (tertiary/aromatic N) is 1. The Labute approximate surface area is 148 Å². The molecule has 25 heavy (non-hydrogen) atoms. The third-order valence-electron chi connectivity index (χ3n) is 4.39. The standard InChI is InChI=1S/C20H24N2O3/c21-20(23)16-5-4-12-22(15-16)13-14-24-17-8-10-19(11-9-17)25-18-6-2-1-3-7-18/h1-3,6-11,16H,4-5,12-15H2,(H2,21,23). The van der Waals surface area contributed by atoms with E-state index < -0.39 is 0 Å². The minimum atomic E-state index is -0.195. The smallest absolute Gasteiger partial charge is 0.221 e. The maximum Gasteiger partial charge on any atom is 0.221 e. The molecule has 1 aliphatic rings. The number of hydrogen-bond donors (Lipinski definition) is 1. The molecule has 1 unspecified atom stereocenters. The Balaban J connectivity index is 1.43. The zero-order chi connectivity index (χ0) is 17.5. The number of amides is 1. The van der Waals surface area contributed by atoms with E-state index in [4.69, 9.17) is 15.2 Å². The van der Waals surface area contributed by atoms with Gasteiger partial charge in [-0.25, -0.2) is 0 Å². The minimum absolute atomic E-state index is 0.0248. The highest BCUT2D eigenvalue weighted by Crippen LogP contribution is 2.23. The molecule has 132 valence electrons. The number of benzene rings is 2. The Morgan fingerprint density at radius 2 is 1.72 bits per heavy atom. The highest BCUT2D eigenvalue weighted by Gasteiger charge is 2.23. The van der Waals surface area contributed by atoms with Crippen LogP contribution in [0.25, 0.3) is 0 Å². The van der Waals surface area contributed by atoms with Gasteiger partial charge in [0.2, 0.25) is 5.91 Å². The Bertz CT molecular complexity index is 673. The molecule has 0 radical (unpaired) electrons. The van der Waals surface area contributed by atoms with Crippen LogP contribution in [-0.4, -0.2) is 37.0 Å². The molecular formula is C20H24N2O3. The van der Waals surface area contributed by atoms with Gasteiger partial charge in [-0.15, -0.1) is 0 Å². The summed E-state index contributed by atoms with van der Waals surface area (Å²) >= 11 is 0. The number of likely N-dealkylation sites (tertiary alicyclic amines) is 1. The molecule has 2 N–H and O–H groups in total. The monoisotopic (exact) mass is 340 g/mol. The van der Waals surface area contributed by atoms with Crippen LogP contribution in [0.1, 0.15) is 12.8 Å². The molecule has 3 rings (SSSR count). The first kappa shape index (κ1) is 17.3. The highest BCUT2D eigenvalue weighted by atomic mass is 16.5. The first-order valence-corrected chi connectivity index (χ1v) is 8.68. The van der Waals surface area contributed by atoms with Gasteiger partial charge in [-0.05, 0) is 55.8 Å². The summed E-state index contributed by atoms with van der Waals surface area (Å²) in [5, 5.41) is 0. The van der Waals surface area contributed by atoms with Crippen molar-refractivity contribution in [2.45, 2.75) is 12.8 Å². The van der Waals surface area contributed by atoms with Crippen molar-refractivity contribution in [2.75, 3.05) is 26.2 Å². The molecule has 5 heteroatoms. The van der Waals surface area contributed by atoms with Gasteiger partial charge in [-0.3, -0.25) is 9.69 Å². The number of hydrogen-bond acceptors (Lipinski definition) is 4. The number of primary amides is 1. The second-order valence-electron chi connectivity index (χ2n) is 6.28. The van der Waals surface area contributed by atoms with Crippen molar-refractivity contribution in [1.29, 1.82) is 0 Å². The van der Waals surface area contributed by atoms with Crippen LogP contribution in [0.4, 0.5) is 0 Å². The maximum absolute atomic E-state index is 11.3. The number of ether oxygens (including phenoxy) is 2. The average molecular weight is 340 g/mol. The van der Waals surface area contributed by atoms with Crippen molar-refractivity contribution < 1.29 is 14.3 Å². The number of piperidine rings is 1. The van der Waals surface area contributed by atoms with Gasteiger partial charge in [0, 0.05) is 13.1 Å². The Kier molecular flexibility index (Phi) is 5.90. The zero-order valence-corrected chi connectivity index (χ0v) is 14.3. The molecule has 1 atom stereocenters. The highest BCUT2D eigenvalue weighted by molar-refractivity contribution is 5.76. The fourth-order valence-corrected chi connectivity index (χ4v) is 3.01. The second-order valence-corrected chi connectivity index (χ2v) is 6.28. The third-order valence-corrected chi connectivity index (χ3v) is 4.39. The summed E-state index contributed by atoms with van der Waals surface area (Å²) in [7, 11) is 0. The summed E-state index contributed by atoms with van der Waals surface area (Å²) in [6.45, 7) is 3.12. The van der Waals surface area contributed by atoms with Crippen LogP contribution < -0.4 is 15.2 Å². The van der Waals surface area contributed by atoms with Crippen LogP contribution in [0.3, 0.4) is 0 Å². The second kappa shape index (κ2) is 8.53. The van der Waals surface area contributed by atoms with Crippen LogP contribution in [-0.2, 0) is 4.79 Å². The van der Waals surface area contributed by atoms with E-state index in [0.29, 0.717) is 6.61 Å². The van der Waals surface area contributed by atoms with E-state index in [0.717, 1.165) is 49.7 Å². The van der Waals surface area contributed by atoms with Gasteiger partial charge >= 0.3 is 0 Å². The van der Waals surface area contributed by atoms with E-state index in [-0.39, 0.29) is 11.8 Å². The van der Waals surface area contributed by atoms with E-state index in [1.807, 2.05) is 54.6 Å². The molecule has 0 bridgehead atoms. The van der Waals surface area contributed by atoms with Gasteiger partial charge in [-0.1, -0.05) is 18.2 Å². The normalized spacial score (nSPS) is 17.8. The molecule has 0 aromatic heterocycles. The van der Waals surface area contributed by atoms with Gasteiger partial charge in [0.15, 0.2) is 0 Å². The first-order chi connectivity index (χ1) is 12.2. The lowest BCUT2D eigenvalue weighted by Gasteiger charge is -2.30. The Morgan fingerprint density at radius 3 is 2.44 bits per heavy atom. The number of carbonyl (C=O) groups is 1. The zero-order valence-electron chi connectivity index (χ0n) is 14.3. The number of para-hydroxylation sites is 1. The van der Waals surface area contributed by atoms with E-state index in [2.05, 4.69) is 4.90 Å². The number of rotatable bonds is 7. The molecule has 0 spiro atoms. The SMILES string of the molecule is NC(=O)C1CCCN(CCOc2ccc(Oc3ccccc3)cc2)C1. The van der Waals surface area contributed by atoms with Crippen LogP contribution in [0.15, 0.2) is 54.6 Å². The van der Waals surface area contributed by atoms with Crippen molar-refractivity contribution in [1.82, 2.24) is 4.90 Å². The lowest BCUT2D eigenvalue weighted by Crippen LogP contribution is -2.42. The lowest BCUT2D eigenvalue weighted by atomic mass is 9.98. The van der Waals surface area contributed by atoms with Crippen molar-refractivity contribution in [3.8, 4) is 17.2 Å². The fraction of sp³-hybridized carbons (Fsp3) is 0.350. The molecule has 2 aromatic rings. The van der Waals surface area contributed by atoms with E-state index in [1.54, 1.807) is 0 Å². The fourth-order valence-electron chi connectivity index (χ4n) is 3.01. The van der Waals surface area contributed by atoms with Crippen LogP contribution in [0.5, 0.6) is 17.2 Å². The van der Waals surface area contributed by atoms with Crippen LogP contribution in [0, 0.1) is 5.92 Å². The summed E-state index contributed by atoms with van der Waals surface area (Å²) in [4.78, 5) is 13.6. The van der Waals surface area contributed by atoms with E-state index in [9.17, 15) is 4.79 Å². The van der Waals surface area contributed by atoms with Crippen LogP contribution >= 0.6 is 0 Å². The molecule has 1 heterocycles. The van der Waals surface area contributed by atoms with Gasteiger partial charge in [-0.2, -0.15) is 0 Å². The number of carbonyl (C=O) groups excluding carboxylic acids is 1. The van der Waals surface area contributed by atoms with E-state index >= 15 is 0 Å². The van der Waals surface area contributed by atoms with Crippen molar-refractivity contribution in [2.24, 2.45) is 11.7 Å². The number of nitrogens with two attached hydrogens (primary N) is 1. The minimum Gasteiger partial charge on any atom is -0.492 e. The molecule has 1 saturated heterocycles. The molecule has 1 fully saturated rings. The molecule has 0 saturated carbocycles. The Morgan fingerprint density at radius 1 is 1.04 bits per heavy atom. The first-order valence-electron chi connectivity index (χ1n) is 8.68. The quantitative estimate of drug-likeness (QED) is 0.841. The van der Waals surface area contributed by atoms with Crippen molar-refractivity contribution >= 4 is 5.91 Å². The largest absolute Gasteiger partial charge is 0.492 e. The molecule has 2 aromatic carbocycles. The predicted molar refractivity (Wildman–Crippen MR) is 96.8 cm³/mol.